The standard InChI is InChI=1S/C15H17N3OS.ClH/c19-14(11-5-7-16-8-6-11)18-13-3-1-12(2-4-13)15-17-9-10-20-15;/h1-4,9-11,16H,5-8H2,(H,18,19);1H. The van der Waals surface area contributed by atoms with Crippen LogP contribution in [0.3, 0.4) is 0 Å². The highest BCUT2D eigenvalue weighted by molar-refractivity contribution is 7.13. The lowest BCUT2D eigenvalue weighted by Gasteiger charge is -2.21. The number of hydrogen-bond donors (Lipinski definition) is 2. The Morgan fingerprint density at radius 2 is 1.95 bits per heavy atom. The third-order valence-electron chi connectivity index (χ3n) is 3.54. The maximum absolute atomic E-state index is 12.1. The van der Waals surface area contributed by atoms with Gasteiger partial charge < -0.3 is 10.6 Å². The third-order valence-corrected chi connectivity index (χ3v) is 4.36. The zero-order valence-electron chi connectivity index (χ0n) is 11.5. The first kappa shape index (κ1) is 15.9. The number of carbonyl (C=O) groups excluding carboxylic acids is 1. The van der Waals surface area contributed by atoms with Gasteiger partial charge in [-0.2, -0.15) is 0 Å². The van der Waals surface area contributed by atoms with Crippen molar-refractivity contribution in [1.82, 2.24) is 10.3 Å². The summed E-state index contributed by atoms with van der Waals surface area (Å²) in [5.41, 5.74) is 1.94. The van der Waals surface area contributed by atoms with Gasteiger partial charge in [0.2, 0.25) is 5.91 Å². The zero-order chi connectivity index (χ0) is 13.8. The highest BCUT2D eigenvalue weighted by Crippen LogP contribution is 2.23. The van der Waals surface area contributed by atoms with Gasteiger partial charge in [-0.15, -0.1) is 23.7 Å². The summed E-state index contributed by atoms with van der Waals surface area (Å²) >= 11 is 1.61. The number of benzene rings is 1. The molecule has 4 nitrogen and oxygen atoms in total. The number of thiazole rings is 1. The second-order valence-electron chi connectivity index (χ2n) is 4.93. The van der Waals surface area contributed by atoms with E-state index in [9.17, 15) is 4.79 Å². The Bertz CT molecular complexity index is 565. The molecule has 0 radical (unpaired) electrons. The number of aromatic nitrogens is 1. The van der Waals surface area contributed by atoms with Gasteiger partial charge in [-0.25, -0.2) is 4.98 Å². The first-order valence-corrected chi connectivity index (χ1v) is 7.72. The van der Waals surface area contributed by atoms with Crippen molar-refractivity contribution in [1.29, 1.82) is 0 Å². The van der Waals surface area contributed by atoms with E-state index in [4.69, 9.17) is 0 Å². The van der Waals surface area contributed by atoms with Crippen molar-refractivity contribution in [3.8, 4) is 10.6 Å². The van der Waals surface area contributed by atoms with Crippen LogP contribution in [0.1, 0.15) is 12.8 Å². The Morgan fingerprint density at radius 1 is 1.24 bits per heavy atom. The van der Waals surface area contributed by atoms with Crippen molar-refractivity contribution < 1.29 is 4.79 Å². The van der Waals surface area contributed by atoms with E-state index < -0.39 is 0 Å². The average Bonchev–Trinajstić information content (AvgIpc) is 3.03. The van der Waals surface area contributed by atoms with Crippen LogP contribution in [0, 0.1) is 5.92 Å². The molecular formula is C15H18ClN3OS. The summed E-state index contributed by atoms with van der Waals surface area (Å²) in [7, 11) is 0. The third kappa shape index (κ3) is 4.03. The van der Waals surface area contributed by atoms with E-state index in [1.54, 1.807) is 17.5 Å². The minimum atomic E-state index is 0. The normalized spacial score (nSPS) is 15.2. The largest absolute Gasteiger partial charge is 0.326 e. The smallest absolute Gasteiger partial charge is 0.227 e. The number of rotatable bonds is 3. The van der Waals surface area contributed by atoms with Gasteiger partial charge in [0.1, 0.15) is 5.01 Å². The van der Waals surface area contributed by atoms with Crippen LogP contribution in [0.25, 0.3) is 10.6 Å². The number of hydrogen-bond acceptors (Lipinski definition) is 4. The molecule has 1 aromatic heterocycles. The molecule has 1 amide bonds. The quantitative estimate of drug-likeness (QED) is 0.912. The average molecular weight is 324 g/mol. The Hall–Kier alpha value is -1.43. The molecule has 0 aliphatic carbocycles. The van der Waals surface area contributed by atoms with E-state index in [1.165, 1.54) is 0 Å². The van der Waals surface area contributed by atoms with Crippen LogP contribution in [-0.4, -0.2) is 24.0 Å². The molecule has 21 heavy (non-hydrogen) atoms. The number of amides is 1. The lowest BCUT2D eigenvalue weighted by molar-refractivity contribution is -0.120. The molecule has 0 spiro atoms. The summed E-state index contributed by atoms with van der Waals surface area (Å²) < 4.78 is 0. The SMILES string of the molecule is Cl.O=C(Nc1ccc(-c2nccs2)cc1)C1CCNCC1. The minimum absolute atomic E-state index is 0. The van der Waals surface area contributed by atoms with E-state index in [0.717, 1.165) is 42.2 Å². The van der Waals surface area contributed by atoms with Crippen molar-refractivity contribution in [2.24, 2.45) is 5.92 Å². The summed E-state index contributed by atoms with van der Waals surface area (Å²) in [4.78, 5) is 16.4. The van der Waals surface area contributed by atoms with Crippen LogP contribution in [0.5, 0.6) is 0 Å². The van der Waals surface area contributed by atoms with Gasteiger partial charge in [-0.1, -0.05) is 0 Å². The second-order valence-corrected chi connectivity index (χ2v) is 5.82. The molecule has 6 heteroatoms. The summed E-state index contributed by atoms with van der Waals surface area (Å²) in [6.07, 6.45) is 3.64. The molecule has 0 saturated carbocycles. The van der Waals surface area contributed by atoms with Gasteiger partial charge in [-0.3, -0.25) is 4.79 Å². The molecule has 2 N–H and O–H groups in total. The fourth-order valence-electron chi connectivity index (χ4n) is 2.39. The number of anilines is 1. The monoisotopic (exact) mass is 323 g/mol. The van der Waals surface area contributed by atoms with E-state index in [-0.39, 0.29) is 24.2 Å². The summed E-state index contributed by atoms with van der Waals surface area (Å²) in [6.45, 7) is 1.86. The fraction of sp³-hybridized carbons (Fsp3) is 0.333. The molecule has 0 unspecified atom stereocenters. The predicted octanol–water partition coefficient (Wildman–Crippen LogP) is 3.17. The molecule has 1 saturated heterocycles. The van der Waals surface area contributed by atoms with Crippen molar-refractivity contribution in [3.63, 3.8) is 0 Å². The van der Waals surface area contributed by atoms with Crippen LogP contribution >= 0.6 is 23.7 Å². The summed E-state index contributed by atoms with van der Waals surface area (Å²) in [6, 6.07) is 7.87. The van der Waals surface area contributed by atoms with Crippen molar-refractivity contribution in [2.45, 2.75) is 12.8 Å². The van der Waals surface area contributed by atoms with Crippen LogP contribution in [0.2, 0.25) is 0 Å². The van der Waals surface area contributed by atoms with Crippen molar-refractivity contribution in [3.05, 3.63) is 35.8 Å². The van der Waals surface area contributed by atoms with Gasteiger partial charge >= 0.3 is 0 Å². The minimum Gasteiger partial charge on any atom is -0.326 e. The van der Waals surface area contributed by atoms with Gasteiger partial charge in [-0.05, 0) is 50.2 Å². The van der Waals surface area contributed by atoms with Crippen LogP contribution in [-0.2, 0) is 4.79 Å². The van der Waals surface area contributed by atoms with E-state index in [2.05, 4.69) is 15.6 Å². The van der Waals surface area contributed by atoms with E-state index in [1.807, 2.05) is 29.6 Å². The molecule has 0 bridgehead atoms. The maximum atomic E-state index is 12.1. The Balaban J connectivity index is 0.00000161. The van der Waals surface area contributed by atoms with Gasteiger partial charge in [0.15, 0.2) is 0 Å². The molecule has 1 aliphatic heterocycles. The van der Waals surface area contributed by atoms with E-state index >= 15 is 0 Å². The fourth-order valence-corrected chi connectivity index (χ4v) is 3.04. The topological polar surface area (TPSA) is 54.0 Å². The highest BCUT2D eigenvalue weighted by Gasteiger charge is 2.20. The summed E-state index contributed by atoms with van der Waals surface area (Å²) in [5.74, 6) is 0.267. The van der Waals surface area contributed by atoms with Crippen LogP contribution < -0.4 is 10.6 Å². The molecule has 112 valence electrons. The van der Waals surface area contributed by atoms with Crippen LogP contribution in [0.15, 0.2) is 35.8 Å². The molecule has 2 aromatic rings. The Morgan fingerprint density at radius 3 is 2.57 bits per heavy atom. The number of halogens is 1. The number of carbonyl (C=O) groups is 1. The molecule has 1 aromatic carbocycles. The molecule has 1 aliphatic rings. The first-order chi connectivity index (χ1) is 9.83. The number of nitrogens with zero attached hydrogens (tertiary/aromatic N) is 1. The first-order valence-electron chi connectivity index (χ1n) is 6.84. The maximum Gasteiger partial charge on any atom is 0.227 e. The predicted molar refractivity (Wildman–Crippen MR) is 89.0 cm³/mol. The van der Waals surface area contributed by atoms with Gasteiger partial charge in [0.25, 0.3) is 0 Å². The zero-order valence-corrected chi connectivity index (χ0v) is 13.2. The summed E-state index contributed by atoms with van der Waals surface area (Å²) in [5, 5.41) is 9.23. The molecular weight excluding hydrogens is 306 g/mol. The highest BCUT2D eigenvalue weighted by atomic mass is 35.5. The van der Waals surface area contributed by atoms with Gasteiger partial charge in [0, 0.05) is 28.7 Å². The molecule has 0 atom stereocenters. The second kappa shape index (κ2) is 7.54. The van der Waals surface area contributed by atoms with Crippen molar-refractivity contribution >= 4 is 35.3 Å². The van der Waals surface area contributed by atoms with Crippen molar-refractivity contribution in [2.75, 3.05) is 18.4 Å². The van der Waals surface area contributed by atoms with Gasteiger partial charge in [0.05, 0.1) is 0 Å². The molecule has 2 heterocycles. The van der Waals surface area contributed by atoms with Crippen LogP contribution in [0.4, 0.5) is 5.69 Å². The number of nitrogens with one attached hydrogen (secondary N) is 2. The lowest BCUT2D eigenvalue weighted by atomic mass is 9.97. The van der Waals surface area contributed by atoms with E-state index in [0.29, 0.717) is 0 Å². The Labute approximate surface area is 134 Å². The lowest BCUT2D eigenvalue weighted by Crippen LogP contribution is -2.34. The molecule has 1 fully saturated rings. The number of piperidine rings is 1. The molecule has 3 rings (SSSR count). The Kier molecular flexibility index (Phi) is 5.73.